The van der Waals surface area contributed by atoms with E-state index in [1.165, 1.54) is 0 Å². The number of nitrogens with one attached hydrogen (secondary N) is 1. The molecule has 0 saturated heterocycles. The van der Waals surface area contributed by atoms with Crippen molar-refractivity contribution in [1.82, 2.24) is 5.32 Å². The van der Waals surface area contributed by atoms with E-state index < -0.39 is 0 Å². The average molecular weight is 94.1 g/mol. The van der Waals surface area contributed by atoms with Crippen LogP contribution in [-0.2, 0) is 0 Å². The number of allylic oxidation sites excluding steroid dienone is 1. The van der Waals surface area contributed by atoms with Crippen LogP contribution < -0.4 is 5.32 Å². The van der Waals surface area contributed by atoms with Crippen molar-refractivity contribution in [3.05, 3.63) is 17.6 Å². The molecule has 0 atom stereocenters. The summed E-state index contributed by atoms with van der Waals surface area (Å²) < 4.78 is 0. The first-order valence-corrected chi connectivity index (χ1v) is 2.09. The van der Waals surface area contributed by atoms with Crippen LogP contribution in [0.1, 0.15) is 6.92 Å². The lowest BCUT2D eigenvalue weighted by molar-refractivity contribution is 1.13. The van der Waals surface area contributed by atoms with Gasteiger partial charge in [-0.15, -0.1) is 0 Å². The van der Waals surface area contributed by atoms with Crippen molar-refractivity contribution in [3.8, 4) is 0 Å². The molecule has 0 bridgehead atoms. The average Bonchev–Trinajstić information content (AvgIpc) is 1.69. The fourth-order valence-electron chi connectivity index (χ4n) is 0.347. The Morgan fingerprint density at radius 3 is 3.00 bits per heavy atom. The van der Waals surface area contributed by atoms with Gasteiger partial charge >= 0.3 is 0 Å². The van der Waals surface area contributed by atoms with Crippen molar-refractivity contribution in [2.45, 2.75) is 6.92 Å². The summed E-state index contributed by atoms with van der Waals surface area (Å²) in [6.45, 7) is 1.93. The Kier molecular flexibility index (Phi) is 0.966. The van der Waals surface area contributed by atoms with Gasteiger partial charge in [0.15, 0.2) is 0 Å². The highest BCUT2D eigenvalue weighted by Crippen LogP contribution is 1.83. The van der Waals surface area contributed by atoms with Crippen LogP contribution in [0.25, 0.3) is 0 Å². The minimum Gasteiger partial charge on any atom is -0.344 e. The zero-order valence-electron chi connectivity index (χ0n) is 4.10. The molecular weight excluding hydrogens is 88.1 g/mol. The standard InChI is InChI=1S/C5H6N2/c1-5-2-3-6-4-7-5/h3-4H,1H3,(H,6,7). The van der Waals surface area contributed by atoms with Crippen LogP contribution in [0, 0.1) is 0 Å². The van der Waals surface area contributed by atoms with Crippen molar-refractivity contribution in [3.63, 3.8) is 0 Å². The van der Waals surface area contributed by atoms with E-state index in [9.17, 15) is 0 Å². The van der Waals surface area contributed by atoms with E-state index in [1.54, 1.807) is 12.5 Å². The Morgan fingerprint density at radius 1 is 1.86 bits per heavy atom. The first-order chi connectivity index (χ1) is 3.39. The molecule has 2 nitrogen and oxygen atoms in total. The van der Waals surface area contributed by atoms with Crippen LogP contribution in [-0.4, -0.2) is 6.34 Å². The van der Waals surface area contributed by atoms with Crippen molar-refractivity contribution < 1.29 is 0 Å². The fraction of sp³-hybridized carbons (Fsp3) is 0.200. The molecule has 2 heteroatoms. The van der Waals surface area contributed by atoms with Gasteiger partial charge < -0.3 is 5.32 Å². The lowest BCUT2D eigenvalue weighted by Gasteiger charge is -1.94. The first kappa shape index (κ1) is 4.16. The molecule has 0 aromatic carbocycles. The van der Waals surface area contributed by atoms with Gasteiger partial charge in [-0.25, -0.2) is 4.99 Å². The highest BCUT2D eigenvalue weighted by atomic mass is 14.9. The molecular formula is C5H6N2. The van der Waals surface area contributed by atoms with Crippen LogP contribution in [0.5, 0.6) is 0 Å². The number of rotatable bonds is 0. The van der Waals surface area contributed by atoms with E-state index in [0.29, 0.717) is 0 Å². The zero-order valence-corrected chi connectivity index (χ0v) is 4.10. The van der Waals surface area contributed by atoms with E-state index in [1.807, 2.05) is 6.92 Å². The maximum absolute atomic E-state index is 3.73. The normalized spacial score (nSPS) is 15.9. The minimum atomic E-state index is 1.01. The topological polar surface area (TPSA) is 24.4 Å². The molecule has 0 amide bonds. The maximum atomic E-state index is 3.73. The van der Waals surface area contributed by atoms with Crippen molar-refractivity contribution in [2.24, 2.45) is 4.99 Å². The van der Waals surface area contributed by atoms with E-state index in [-0.39, 0.29) is 0 Å². The molecule has 0 unspecified atom stereocenters. The Labute approximate surface area is 42.3 Å². The highest BCUT2D eigenvalue weighted by molar-refractivity contribution is 5.59. The SMILES string of the molecule is CC1=C=CN=CN1. The number of hydrogen-bond acceptors (Lipinski definition) is 2. The third kappa shape index (κ3) is 0.913. The Morgan fingerprint density at radius 2 is 2.71 bits per heavy atom. The lowest BCUT2D eigenvalue weighted by Crippen LogP contribution is -2.07. The summed E-state index contributed by atoms with van der Waals surface area (Å²) in [4.78, 5) is 3.73. The second kappa shape index (κ2) is 1.63. The van der Waals surface area contributed by atoms with E-state index in [4.69, 9.17) is 0 Å². The van der Waals surface area contributed by atoms with Gasteiger partial charge in [0.2, 0.25) is 0 Å². The summed E-state index contributed by atoms with van der Waals surface area (Å²) in [7, 11) is 0. The Balaban J connectivity index is 2.84. The molecule has 1 N–H and O–H groups in total. The molecule has 1 rings (SSSR count). The largest absolute Gasteiger partial charge is 0.344 e. The van der Waals surface area contributed by atoms with Crippen molar-refractivity contribution in [1.29, 1.82) is 0 Å². The van der Waals surface area contributed by atoms with Gasteiger partial charge in [-0.3, -0.25) is 0 Å². The second-order valence-electron chi connectivity index (χ2n) is 1.32. The van der Waals surface area contributed by atoms with Crippen molar-refractivity contribution >= 4 is 6.34 Å². The van der Waals surface area contributed by atoms with Crippen LogP contribution in [0.3, 0.4) is 0 Å². The molecule has 0 aromatic rings. The Bertz CT molecular complexity index is 149. The predicted octanol–water partition coefficient (Wildman–Crippen LogP) is 0.634. The van der Waals surface area contributed by atoms with E-state index in [2.05, 4.69) is 16.0 Å². The van der Waals surface area contributed by atoms with Gasteiger partial charge in [-0.05, 0) is 6.92 Å². The molecule has 0 aromatic heterocycles. The molecule has 0 saturated carbocycles. The predicted molar refractivity (Wildman–Crippen MR) is 28.9 cm³/mol. The first-order valence-electron chi connectivity index (χ1n) is 2.09. The molecule has 1 heterocycles. The van der Waals surface area contributed by atoms with E-state index >= 15 is 0 Å². The molecule has 1 aliphatic rings. The van der Waals surface area contributed by atoms with Gasteiger partial charge in [0, 0.05) is 0 Å². The summed E-state index contributed by atoms with van der Waals surface area (Å²) in [5, 5.41) is 2.86. The third-order valence-corrected chi connectivity index (χ3v) is 0.711. The summed E-state index contributed by atoms with van der Waals surface area (Å²) in [5.74, 6) is 0. The highest BCUT2D eigenvalue weighted by Gasteiger charge is 1.80. The van der Waals surface area contributed by atoms with Crippen LogP contribution in [0.2, 0.25) is 0 Å². The molecule has 0 fully saturated rings. The quantitative estimate of drug-likeness (QED) is 0.437. The van der Waals surface area contributed by atoms with E-state index in [0.717, 1.165) is 5.70 Å². The molecule has 36 valence electrons. The van der Waals surface area contributed by atoms with Crippen LogP contribution >= 0.6 is 0 Å². The molecule has 1 aliphatic heterocycles. The fourth-order valence-corrected chi connectivity index (χ4v) is 0.347. The van der Waals surface area contributed by atoms with Gasteiger partial charge in [-0.2, -0.15) is 0 Å². The molecule has 0 aliphatic carbocycles. The van der Waals surface area contributed by atoms with Crippen LogP contribution in [0.4, 0.5) is 0 Å². The monoisotopic (exact) mass is 94.1 g/mol. The van der Waals surface area contributed by atoms with Gasteiger partial charge in [0.05, 0.1) is 18.2 Å². The number of nitrogens with zero attached hydrogens (tertiary/aromatic N) is 1. The van der Waals surface area contributed by atoms with Crippen LogP contribution in [0.15, 0.2) is 22.6 Å². The lowest BCUT2D eigenvalue weighted by atomic mass is 10.5. The summed E-state index contributed by atoms with van der Waals surface area (Å²) in [5.41, 5.74) is 3.87. The van der Waals surface area contributed by atoms with Crippen molar-refractivity contribution in [2.75, 3.05) is 0 Å². The minimum absolute atomic E-state index is 1.01. The molecule has 7 heavy (non-hydrogen) atoms. The summed E-state index contributed by atoms with van der Waals surface area (Å²) >= 11 is 0. The smallest absolute Gasteiger partial charge is 0.0932 e. The second-order valence-corrected chi connectivity index (χ2v) is 1.32. The summed E-state index contributed by atoms with van der Waals surface area (Å²) in [6, 6.07) is 0. The summed E-state index contributed by atoms with van der Waals surface area (Å²) in [6.07, 6.45) is 3.26. The molecule has 0 spiro atoms. The molecule has 0 radical (unpaired) electrons. The third-order valence-electron chi connectivity index (χ3n) is 0.711. The van der Waals surface area contributed by atoms with Gasteiger partial charge in [-0.1, -0.05) is 5.73 Å². The van der Waals surface area contributed by atoms with Gasteiger partial charge in [0.1, 0.15) is 0 Å². The maximum Gasteiger partial charge on any atom is 0.0932 e. The Hall–Kier alpha value is -1.01. The zero-order chi connectivity index (χ0) is 5.11. The number of aliphatic imine (C=N–C) groups is 1. The van der Waals surface area contributed by atoms with Gasteiger partial charge in [0.25, 0.3) is 0 Å². The number of hydrogen-bond donors (Lipinski definition) is 1.